The van der Waals surface area contributed by atoms with Gasteiger partial charge in [0.2, 0.25) is 0 Å². The summed E-state index contributed by atoms with van der Waals surface area (Å²) in [7, 11) is 0. The number of aryl methyl sites for hydroxylation is 3. The quantitative estimate of drug-likeness (QED) is 0.451. The number of anilines is 1. The zero-order valence-electron chi connectivity index (χ0n) is 18.1. The monoisotopic (exact) mass is 434 g/mol. The molecule has 164 valence electrons. The molecule has 0 atom stereocenters. The van der Waals surface area contributed by atoms with Gasteiger partial charge in [-0.1, -0.05) is 23.4 Å². The summed E-state index contributed by atoms with van der Waals surface area (Å²) in [6.45, 7) is 6.18. The molecule has 0 saturated carbocycles. The number of carbonyl (C=O) groups excluding carboxylic acids is 1. The zero-order valence-corrected chi connectivity index (χ0v) is 18.1. The third kappa shape index (κ3) is 4.69. The molecule has 4 aromatic rings. The van der Waals surface area contributed by atoms with Gasteiger partial charge in [-0.05, 0) is 51.1 Å². The third-order valence-corrected chi connectivity index (χ3v) is 5.18. The van der Waals surface area contributed by atoms with Crippen LogP contribution in [0.15, 0.2) is 59.1 Å². The van der Waals surface area contributed by atoms with E-state index in [0.717, 1.165) is 22.7 Å². The average molecular weight is 434 g/mol. The van der Waals surface area contributed by atoms with Gasteiger partial charge >= 0.3 is 0 Å². The van der Waals surface area contributed by atoms with E-state index in [9.17, 15) is 9.18 Å². The van der Waals surface area contributed by atoms with Crippen LogP contribution in [0.1, 0.15) is 38.6 Å². The summed E-state index contributed by atoms with van der Waals surface area (Å²) in [6, 6.07) is 15.1. The lowest BCUT2D eigenvalue weighted by atomic mass is 10.2. The Kier molecular flexibility index (Phi) is 6.02. The molecule has 2 aromatic carbocycles. The van der Waals surface area contributed by atoms with E-state index < -0.39 is 0 Å². The predicted octanol–water partition coefficient (Wildman–Crippen LogP) is 4.82. The highest BCUT2D eigenvalue weighted by atomic mass is 19.1. The van der Waals surface area contributed by atoms with Gasteiger partial charge in [-0.3, -0.25) is 9.48 Å². The molecule has 1 N–H and O–H groups in total. The van der Waals surface area contributed by atoms with Crippen LogP contribution < -0.4 is 10.1 Å². The number of aromatic nitrogens is 3. The molecule has 0 saturated heterocycles. The number of halogens is 1. The van der Waals surface area contributed by atoms with Crippen LogP contribution in [0.2, 0.25) is 0 Å². The number of amides is 1. The Bertz CT molecular complexity index is 1230. The van der Waals surface area contributed by atoms with E-state index in [1.165, 1.54) is 6.07 Å². The Balaban J connectivity index is 1.38. The molecule has 0 aliphatic carbocycles. The molecular weight excluding hydrogens is 411 g/mol. The normalized spacial score (nSPS) is 10.9. The lowest BCUT2D eigenvalue weighted by Crippen LogP contribution is -2.13. The van der Waals surface area contributed by atoms with Gasteiger partial charge in [0.05, 0.1) is 17.8 Å². The topological polar surface area (TPSA) is 82.2 Å². The molecule has 2 heterocycles. The van der Waals surface area contributed by atoms with Crippen molar-refractivity contribution in [1.29, 1.82) is 0 Å². The predicted molar refractivity (Wildman–Crippen MR) is 117 cm³/mol. The fraction of sp³-hybridized carbons (Fsp3) is 0.208. The second kappa shape index (κ2) is 9.05. The highest BCUT2D eigenvalue weighted by molar-refractivity contribution is 6.03. The van der Waals surface area contributed by atoms with Crippen molar-refractivity contribution in [2.24, 2.45) is 0 Å². The Hall–Kier alpha value is -3.94. The maximum absolute atomic E-state index is 13.9. The summed E-state index contributed by atoms with van der Waals surface area (Å²) in [6.07, 6.45) is 0. The number of rotatable bonds is 7. The molecule has 4 rings (SSSR count). The molecule has 2 aromatic heterocycles. The van der Waals surface area contributed by atoms with Crippen molar-refractivity contribution in [2.45, 2.75) is 33.9 Å². The molecule has 0 aliphatic heterocycles. The number of hydrogen-bond donors (Lipinski definition) is 1. The lowest BCUT2D eigenvalue weighted by Gasteiger charge is -2.07. The zero-order chi connectivity index (χ0) is 22.7. The molecule has 0 radical (unpaired) electrons. The summed E-state index contributed by atoms with van der Waals surface area (Å²) in [5.74, 6) is 1.18. The van der Waals surface area contributed by atoms with E-state index in [1.807, 2.05) is 20.8 Å². The minimum absolute atomic E-state index is 0.283. The van der Waals surface area contributed by atoms with Crippen molar-refractivity contribution in [3.05, 3.63) is 94.3 Å². The van der Waals surface area contributed by atoms with Crippen molar-refractivity contribution in [3.63, 3.8) is 0 Å². The van der Waals surface area contributed by atoms with E-state index >= 15 is 0 Å². The first kappa shape index (κ1) is 21.3. The van der Waals surface area contributed by atoms with Gasteiger partial charge in [-0.15, -0.1) is 0 Å². The SMILES string of the molecule is Cc1noc(C)c1COc1ccc(C(=O)Nc2cc(C)n(Cc3ccccc3F)n2)cc1. The molecule has 1 amide bonds. The number of hydrogen-bond acceptors (Lipinski definition) is 5. The van der Waals surface area contributed by atoms with E-state index in [4.69, 9.17) is 9.26 Å². The van der Waals surface area contributed by atoms with Crippen LogP contribution in [0.4, 0.5) is 10.2 Å². The highest BCUT2D eigenvalue weighted by Gasteiger charge is 2.13. The van der Waals surface area contributed by atoms with Gasteiger partial charge < -0.3 is 14.6 Å². The summed E-state index contributed by atoms with van der Waals surface area (Å²) < 4.78 is 26.5. The molecule has 0 fully saturated rings. The first-order valence-corrected chi connectivity index (χ1v) is 10.1. The van der Waals surface area contributed by atoms with Crippen LogP contribution in [0.3, 0.4) is 0 Å². The summed E-state index contributed by atoms with van der Waals surface area (Å²) in [4.78, 5) is 12.6. The molecule has 0 spiro atoms. The van der Waals surface area contributed by atoms with Crippen LogP contribution in [0.25, 0.3) is 0 Å². The summed E-state index contributed by atoms with van der Waals surface area (Å²) in [5, 5.41) is 11.1. The van der Waals surface area contributed by atoms with Crippen LogP contribution >= 0.6 is 0 Å². The average Bonchev–Trinajstić information content (AvgIpc) is 3.29. The van der Waals surface area contributed by atoms with Crippen molar-refractivity contribution < 1.29 is 18.4 Å². The minimum atomic E-state index is -0.294. The molecule has 0 unspecified atom stereocenters. The number of nitrogens with zero attached hydrogens (tertiary/aromatic N) is 3. The first-order chi connectivity index (χ1) is 15.4. The molecule has 7 nitrogen and oxygen atoms in total. The Labute approximate surface area is 184 Å². The lowest BCUT2D eigenvalue weighted by molar-refractivity contribution is 0.102. The van der Waals surface area contributed by atoms with Gasteiger partial charge in [0.15, 0.2) is 5.82 Å². The molecule has 0 bridgehead atoms. The molecule has 32 heavy (non-hydrogen) atoms. The third-order valence-electron chi connectivity index (χ3n) is 5.18. The van der Waals surface area contributed by atoms with E-state index in [-0.39, 0.29) is 18.3 Å². The maximum atomic E-state index is 13.9. The maximum Gasteiger partial charge on any atom is 0.256 e. The summed E-state index contributed by atoms with van der Waals surface area (Å²) in [5.41, 5.74) is 3.52. The fourth-order valence-electron chi connectivity index (χ4n) is 3.27. The Morgan fingerprint density at radius 2 is 1.88 bits per heavy atom. The second-order valence-corrected chi connectivity index (χ2v) is 7.49. The smallest absolute Gasteiger partial charge is 0.256 e. The van der Waals surface area contributed by atoms with Crippen LogP contribution in [0, 0.1) is 26.6 Å². The fourth-order valence-corrected chi connectivity index (χ4v) is 3.27. The largest absolute Gasteiger partial charge is 0.489 e. The molecular formula is C24H23FN4O3. The van der Waals surface area contributed by atoms with Crippen molar-refractivity contribution >= 4 is 11.7 Å². The van der Waals surface area contributed by atoms with Crippen LogP contribution in [-0.2, 0) is 13.2 Å². The van der Waals surface area contributed by atoms with Crippen molar-refractivity contribution in [1.82, 2.24) is 14.9 Å². The van der Waals surface area contributed by atoms with E-state index in [0.29, 0.717) is 29.3 Å². The van der Waals surface area contributed by atoms with Gasteiger partial charge in [0, 0.05) is 22.9 Å². The van der Waals surface area contributed by atoms with E-state index in [2.05, 4.69) is 15.6 Å². The van der Waals surface area contributed by atoms with Crippen molar-refractivity contribution in [3.8, 4) is 5.75 Å². The van der Waals surface area contributed by atoms with Gasteiger partial charge in [-0.25, -0.2) is 4.39 Å². The summed E-state index contributed by atoms with van der Waals surface area (Å²) >= 11 is 0. The Morgan fingerprint density at radius 1 is 1.12 bits per heavy atom. The van der Waals surface area contributed by atoms with Gasteiger partial charge in [-0.2, -0.15) is 5.10 Å². The minimum Gasteiger partial charge on any atom is -0.489 e. The van der Waals surface area contributed by atoms with Crippen molar-refractivity contribution in [2.75, 3.05) is 5.32 Å². The van der Waals surface area contributed by atoms with Gasteiger partial charge in [0.25, 0.3) is 5.91 Å². The number of ether oxygens (including phenoxy) is 1. The molecule has 0 aliphatic rings. The second-order valence-electron chi connectivity index (χ2n) is 7.49. The number of benzene rings is 2. The Morgan fingerprint density at radius 3 is 2.56 bits per heavy atom. The number of carbonyl (C=O) groups is 1. The molecule has 8 heteroatoms. The number of nitrogens with one attached hydrogen (secondary N) is 1. The van der Waals surface area contributed by atoms with Gasteiger partial charge in [0.1, 0.15) is 23.9 Å². The first-order valence-electron chi connectivity index (χ1n) is 10.1. The van der Waals surface area contributed by atoms with E-state index in [1.54, 1.807) is 53.2 Å². The highest BCUT2D eigenvalue weighted by Crippen LogP contribution is 2.19. The standard InChI is InChI=1S/C24H23FN4O3/c1-15-12-23(27-29(15)13-19-6-4-5-7-22(19)25)26-24(30)18-8-10-20(11-9-18)31-14-21-16(2)28-32-17(21)3/h4-12H,13-14H2,1-3H3,(H,26,27,30). The van der Waals surface area contributed by atoms with Crippen LogP contribution in [0.5, 0.6) is 5.75 Å². The van der Waals surface area contributed by atoms with Crippen LogP contribution in [-0.4, -0.2) is 20.8 Å².